The van der Waals surface area contributed by atoms with Crippen LogP contribution in [0.1, 0.15) is 0 Å². The summed E-state index contributed by atoms with van der Waals surface area (Å²) in [5.41, 5.74) is 0. The van der Waals surface area contributed by atoms with Crippen LogP contribution in [0.25, 0.3) is 32.3 Å². The van der Waals surface area contributed by atoms with Crippen molar-refractivity contribution in [3.63, 3.8) is 0 Å². The molecule has 4 aromatic rings. The maximum atomic E-state index is 5.69. The van der Waals surface area contributed by atoms with Crippen molar-refractivity contribution in [2.45, 2.75) is 0 Å². The van der Waals surface area contributed by atoms with Crippen LogP contribution in [-0.2, 0) is 0 Å². The molecule has 1 aliphatic rings. The fourth-order valence-electron chi connectivity index (χ4n) is 4.11. The van der Waals surface area contributed by atoms with Crippen molar-refractivity contribution in [2.75, 3.05) is 28.4 Å². The Morgan fingerprint density at radius 1 is 0.484 bits per heavy atom. The number of hydrogen-bond acceptors (Lipinski definition) is 5. The molecule has 0 atom stereocenters. The average molecular weight is 415 g/mol. The SMILES string of the molecule is C1=CC=CNC=C1.COc1c(OC)c2cccc3c(OC)c(OC)c4cccc1c4c23. The van der Waals surface area contributed by atoms with Crippen LogP contribution < -0.4 is 24.3 Å². The zero-order valence-corrected chi connectivity index (χ0v) is 18.1. The molecule has 0 saturated carbocycles. The van der Waals surface area contributed by atoms with Crippen LogP contribution in [0, 0.1) is 0 Å². The first kappa shape index (κ1) is 20.4. The second kappa shape index (κ2) is 8.88. The van der Waals surface area contributed by atoms with Gasteiger partial charge in [-0.25, -0.2) is 0 Å². The van der Waals surface area contributed by atoms with Crippen molar-refractivity contribution in [1.82, 2.24) is 5.32 Å². The molecule has 0 radical (unpaired) electrons. The normalized spacial score (nSPS) is 12.4. The Balaban J connectivity index is 0.000000282. The summed E-state index contributed by atoms with van der Waals surface area (Å²) in [5, 5.41) is 9.10. The number of benzene rings is 4. The second-order valence-corrected chi connectivity index (χ2v) is 6.86. The Morgan fingerprint density at radius 2 is 0.806 bits per heavy atom. The third-order valence-corrected chi connectivity index (χ3v) is 5.30. The van der Waals surface area contributed by atoms with Crippen LogP contribution in [0.3, 0.4) is 0 Å². The van der Waals surface area contributed by atoms with E-state index in [-0.39, 0.29) is 0 Å². The average Bonchev–Trinajstić information content (AvgIpc) is 3.14. The van der Waals surface area contributed by atoms with E-state index in [0.717, 1.165) is 55.3 Å². The van der Waals surface area contributed by atoms with E-state index in [1.54, 1.807) is 28.4 Å². The Labute approximate surface area is 181 Å². The van der Waals surface area contributed by atoms with E-state index in [1.165, 1.54) is 0 Å². The summed E-state index contributed by atoms with van der Waals surface area (Å²) in [6, 6.07) is 12.2. The standard InChI is InChI=1S/C20H18O4.C6H7N/c1-21-17-11-7-5-9-13-15(11)16-12(18(17)22-2)8-6-10-14(16)20(24-4)19(13)23-3;1-2-4-6-7-5-3-1/h5-10H,1-4H3;1-7H. The number of nitrogens with one attached hydrogen (secondary N) is 1. The molecular weight excluding hydrogens is 390 g/mol. The summed E-state index contributed by atoms with van der Waals surface area (Å²) in [6.45, 7) is 0. The molecule has 4 aromatic carbocycles. The third-order valence-electron chi connectivity index (χ3n) is 5.30. The summed E-state index contributed by atoms with van der Waals surface area (Å²) in [4.78, 5) is 0. The molecule has 0 aromatic heterocycles. The predicted molar refractivity (Wildman–Crippen MR) is 127 cm³/mol. The minimum absolute atomic E-state index is 0.732. The van der Waals surface area contributed by atoms with Gasteiger partial charge in [0.25, 0.3) is 0 Å². The van der Waals surface area contributed by atoms with Gasteiger partial charge in [-0.05, 0) is 12.2 Å². The van der Waals surface area contributed by atoms with Crippen molar-refractivity contribution in [3.05, 3.63) is 73.1 Å². The fraction of sp³-hybridized carbons (Fsp3) is 0.154. The lowest BCUT2D eigenvalue weighted by molar-refractivity contribution is 0.360. The van der Waals surface area contributed by atoms with Crippen LogP contribution in [0.2, 0.25) is 0 Å². The molecule has 1 N–H and O–H groups in total. The van der Waals surface area contributed by atoms with Gasteiger partial charge in [0.15, 0.2) is 23.0 Å². The molecule has 0 fully saturated rings. The molecular formula is C26H25NO4. The number of hydrogen-bond donors (Lipinski definition) is 1. The van der Waals surface area contributed by atoms with Gasteiger partial charge in [-0.15, -0.1) is 0 Å². The highest BCUT2D eigenvalue weighted by molar-refractivity contribution is 6.29. The van der Waals surface area contributed by atoms with Gasteiger partial charge >= 0.3 is 0 Å². The topological polar surface area (TPSA) is 49.0 Å². The van der Waals surface area contributed by atoms with Crippen molar-refractivity contribution >= 4 is 32.3 Å². The zero-order valence-electron chi connectivity index (χ0n) is 18.1. The summed E-state index contributed by atoms with van der Waals surface area (Å²) < 4.78 is 22.7. The van der Waals surface area contributed by atoms with E-state index in [1.807, 2.05) is 73.1 Å². The maximum Gasteiger partial charge on any atom is 0.169 e. The van der Waals surface area contributed by atoms with Gasteiger partial charge in [-0.2, -0.15) is 0 Å². The van der Waals surface area contributed by atoms with Gasteiger partial charge in [-0.1, -0.05) is 48.6 Å². The molecule has 0 amide bonds. The van der Waals surface area contributed by atoms with Gasteiger partial charge in [0.05, 0.1) is 28.4 Å². The van der Waals surface area contributed by atoms with Crippen molar-refractivity contribution in [1.29, 1.82) is 0 Å². The van der Waals surface area contributed by atoms with Gasteiger partial charge in [0, 0.05) is 44.7 Å². The van der Waals surface area contributed by atoms with E-state index in [4.69, 9.17) is 18.9 Å². The minimum atomic E-state index is 0.732. The molecule has 0 aliphatic carbocycles. The zero-order chi connectivity index (χ0) is 21.8. The highest BCUT2D eigenvalue weighted by Crippen LogP contribution is 2.52. The predicted octanol–water partition coefficient (Wildman–Crippen LogP) is 5.79. The maximum absolute atomic E-state index is 5.69. The van der Waals surface area contributed by atoms with E-state index in [0.29, 0.717) is 0 Å². The quantitative estimate of drug-likeness (QED) is 0.428. The Morgan fingerprint density at radius 3 is 1.10 bits per heavy atom. The Bertz CT molecular complexity index is 1130. The molecule has 0 saturated heterocycles. The first-order valence-electron chi connectivity index (χ1n) is 9.93. The van der Waals surface area contributed by atoms with Crippen molar-refractivity contribution in [3.8, 4) is 23.0 Å². The Kier molecular flexibility index (Phi) is 5.85. The highest BCUT2D eigenvalue weighted by atomic mass is 16.5. The molecule has 0 spiro atoms. The second-order valence-electron chi connectivity index (χ2n) is 6.86. The largest absolute Gasteiger partial charge is 0.492 e. The molecule has 5 rings (SSSR count). The van der Waals surface area contributed by atoms with Crippen LogP contribution in [-0.4, -0.2) is 28.4 Å². The molecule has 0 unspecified atom stereocenters. The summed E-state index contributed by atoms with van der Waals surface area (Å²) in [6.07, 6.45) is 11.6. The molecule has 31 heavy (non-hydrogen) atoms. The molecule has 1 heterocycles. The minimum Gasteiger partial charge on any atom is -0.492 e. The van der Waals surface area contributed by atoms with E-state index < -0.39 is 0 Å². The van der Waals surface area contributed by atoms with Crippen LogP contribution in [0.15, 0.2) is 73.1 Å². The summed E-state index contributed by atoms with van der Waals surface area (Å²) >= 11 is 0. The molecule has 158 valence electrons. The van der Waals surface area contributed by atoms with Crippen molar-refractivity contribution < 1.29 is 18.9 Å². The highest BCUT2D eigenvalue weighted by Gasteiger charge is 2.24. The third kappa shape index (κ3) is 3.38. The van der Waals surface area contributed by atoms with Gasteiger partial charge in [0.2, 0.25) is 0 Å². The molecule has 5 heteroatoms. The van der Waals surface area contributed by atoms with E-state index in [2.05, 4.69) is 5.32 Å². The van der Waals surface area contributed by atoms with Crippen LogP contribution in [0.5, 0.6) is 23.0 Å². The smallest absolute Gasteiger partial charge is 0.169 e. The van der Waals surface area contributed by atoms with Crippen LogP contribution in [0.4, 0.5) is 0 Å². The van der Waals surface area contributed by atoms with Gasteiger partial charge < -0.3 is 24.3 Å². The van der Waals surface area contributed by atoms with Gasteiger partial charge in [-0.3, -0.25) is 0 Å². The van der Waals surface area contributed by atoms with E-state index in [9.17, 15) is 0 Å². The van der Waals surface area contributed by atoms with Crippen molar-refractivity contribution in [2.24, 2.45) is 0 Å². The lowest BCUT2D eigenvalue weighted by atomic mass is 9.91. The molecule has 1 aliphatic heterocycles. The van der Waals surface area contributed by atoms with Gasteiger partial charge in [0.1, 0.15) is 0 Å². The lowest BCUT2D eigenvalue weighted by Crippen LogP contribution is -1.98. The molecule has 0 bridgehead atoms. The number of methoxy groups -OCH3 is 4. The molecule has 5 nitrogen and oxygen atoms in total. The van der Waals surface area contributed by atoms with E-state index >= 15 is 0 Å². The number of rotatable bonds is 4. The first-order valence-corrected chi connectivity index (χ1v) is 9.93. The monoisotopic (exact) mass is 415 g/mol. The fourth-order valence-corrected chi connectivity index (χ4v) is 4.11. The number of allylic oxidation sites excluding steroid dienone is 4. The number of ether oxygens (including phenoxy) is 4. The Hall–Kier alpha value is -3.86. The van der Waals surface area contributed by atoms with Crippen LogP contribution >= 0.6 is 0 Å². The lowest BCUT2D eigenvalue weighted by Gasteiger charge is -2.21. The first-order chi connectivity index (χ1) is 15.3. The summed E-state index contributed by atoms with van der Waals surface area (Å²) in [7, 11) is 6.66. The summed E-state index contributed by atoms with van der Waals surface area (Å²) in [5.74, 6) is 2.93.